The molecule has 0 spiro atoms. The maximum atomic E-state index is 14.4. The fourth-order valence-electron chi connectivity index (χ4n) is 4.63. The van der Waals surface area contributed by atoms with Gasteiger partial charge in [0.1, 0.15) is 17.0 Å². The highest BCUT2D eigenvalue weighted by molar-refractivity contribution is 5.78. The Morgan fingerprint density at radius 2 is 1.83 bits per heavy atom. The topological polar surface area (TPSA) is 140 Å². The molecule has 2 aliphatic rings. The molecule has 1 amide bonds. The van der Waals surface area contributed by atoms with Crippen LogP contribution < -0.4 is 16.4 Å². The van der Waals surface area contributed by atoms with E-state index in [-0.39, 0.29) is 43.0 Å². The number of halogens is 3. The maximum Gasteiger partial charge on any atom is 0.225 e. The second-order valence-corrected chi connectivity index (χ2v) is 8.84. The van der Waals surface area contributed by atoms with Gasteiger partial charge in [0, 0.05) is 24.1 Å². The number of fused-ring (bicyclic) bond motifs is 1. The van der Waals surface area contributed by atoms with Crippen LogP contribution in [0.5, 0.6) is 0 Å². The number of nitrogens with zero attached hydrogens (tertiary/aromatic N) is 4. The number of aromatic nitrogens is 4. The highest BCUT2D eigenvalue weighted by atomic mass is 19.1. The zero-order valence-electron chi connectivity index (χ0n) is 18.5. The minimum Gasteiger partial charge on any atom is -0.388 e. The van der Waals surface area contributed by atoms with Gasteiger partial charge in [0.2, 0.25) is 17.8 Å². The Morgan fingerprint density at radius 3 is 2.46 bits per heavy atom. The molecule has 1 saturated heterocycles. The van der Waals surface area contributed by atoms with Crippen molar-refractivity contribution in [1.82, 2.24) is 19.5 Å². The molecule has 1 aromatic carbocycles. The van der Waals surface area contributed by atoms with Gasteiger partial charge in [-0.25, -0.2) is 23.1 Å². The molecule has 3 aromatic rings. The fraction of sp³-hybridized carbons (Fsp3) is 0.455. The first-order chi connectivity index (χ1) is 16.8. The van der Waals surface area contributed by atoms with E-state index in [0.717, 1.165) is 0 Å². The number of amides is 1. The van der Waals surface area contributed by atoms with E-state index in [1.165, 1.54) is 6.20 Å². The number of imidazole rings is 1. The summed E-state index contributed by atoms with van der Waals surface area (Å²) < 4.78 is 49.1. The molecule has 5 rings (SSSR count). The molecule has 35 heavy (non-hydrogen) atoms. The van der Waals surface area contributed by atoms with E-state index in [4.69, 9.17) is 10.5 Å². The molecule has 1 aliphatic heterocycles. The largest absolute Gasteiger partial charge is 0.388 e. The van der Waals surface area contributed by atoms with Gasteiger partial charge in [0.05, 0.1) is 31.6 Å². The van der Waals surface area contributed by atoms with Crippen LogP contribution >= 0.6 is 0 Å². The Kier molecular flexibility index (Phi) is 6.19. The van der Waals surface area contributed by atoms with E-state index < -0.39 is 35.3 Å². The summed E-state index contributed by atoms with van der Waals surface area (Å²) in [6.45, 7) is 0.485. The monoisotopic (exact) mass is 491 g/mol. The molecule has 0 bridgehead atoms. The molecule has 2 aromatic heterocycles. The predicted molar refractivity (Wildman–Crippen MR) is 119 cm³/mol. The van der Waals surface area contributed by atoms with E-state index >= 15 is 0 Å². The van der Waals surface area contributed by atoms with Crippen molar-refractivity contribution < 1.29 is 27.8 Å². The number of nitrogens with one attached hydrogen (secondary N) is 2. The predicted octanol–water partition coefficient (Wildman–Crippen LogP) is 2.38. The maximum absolute atomic E-state index is 14.4. The molecule has 13 heteroatoms. The molecule has 3 heterocycles. The Hall–Kier alpha value is -3.45. The molecule has 10 nitrogen and oxygen atoms in total. The number of ether oxygens (including phenoxy) is 1. The lowest BCUT2D eigenvalue weighted by Crippen LogP contribution is -2.32. The van der Waals surface area contributed by atoms with Crippen molar-refractivity contribution in [2.24, 2.45) is 11.7 Å². The molecule has 0 radical (unpaired) electrons. The van der Waals surface area contributed by atoms with Crippen LogP contribution in [0.25, 0.3) is 11.2 Å². The number of carbonyl (C=O) groups is 1. The van der Waals surface area contributed by atoms with Crippen LogP contribution in [-0.4, -0.2) is 55.9 Å². The van der Waals surface area contributed by atoms with E-state index in [9.17, 15) is 23.1 Å². The van der Waals surface area contributed by atoms with Crippen molar-refractivity contribution >= 4 is 34.7 Å². The summed E-state index contributed by atoms with van der Waals surface area (Å²) in [5.41, 5.74) is 5.67. The second kappa shape index (κ2) is 9.30. The Morgan fingerprint density at radius 1 is 1.11 bits per heavy atom. The molecule has 186 valence electrons. The number of aliphatic hydroxyl groups is 1. The van der Waals surface area contributed by atoms with Crippen LogP contribution in [0.15, 0.2) is 18.3 Å². The number of benzene rings is 1. The van der Waals surface area contributed by atoms with E-state index in [0.29, 0.717) is 49.0 Å². The number of rotatable bonds is 6. The molecule has 2 atom stereocenters. The lowest BCUT2D eigenvalue weighted by molar-refractivity contribution is -0.122. The quantitative estimate of drug-likeness (QED) is 0.412. The number of anilines is 3. The van der Waals surface area contributed by atoms with Gasteiger partial charge < -0.3 is 26.2 Å². The molecular formula is C22H24F3N7O3. The zero-order valence-corrected chi connectivity index (χ0v) is 18.5. The zero-order chi connectivity index (χ0) is 24.7. The molecule has 1 saturated carbocycles. The van der Waals surface area contributed by atoms with Crippen LogP contribution in [0.4, 0.5) is 30.8 Å². The number of hydrogen-bond acceptors (Lipinski definition) is 8. The normalized spacial score (nSPS) is 24.6. The van der Waals surface area contributed by atoms with Crippen LogP contribution in [0.3, 0.4) is 0 Å². The number of primary amides is 1. The van der Waals surface area contributed by atoms with E-state index in [1.807, 2.05) is 0 Å². The lowest BCUT2D eigenvalue weighted by Gasteiger charge is -2.29. The van der Waals surface area contributed by atoms with Crippen LogP contribution in [-0.2, 0) is 9.53 Å². The Bertz CT molecular complexity index is 1240. The van der Waals surface area contributed by atoms with E-state index in [1.54, 1.807) is 4.57 Å². The summed E-state index contributed by atoms with van der Waals surface area (Å²) in [7, 11) is 0. The van der Waals surface area contributed by atoms with Crippen molar-refractivity contribution in [1.29, 1.82) is 0 Å². The SMILES string of the molecule is NC(=O)C1CCC(n2c(Nc3c(F)cc(F)cc3F)nc3cnc(N[C@H]4COC[C@H]4O)nc32)CC1. The van der Waals surface area contributed by atoms with Crippen LogP contribution in [0.2, 0.25) is 0 Å². The minimum atomic E-state index is -1.11. The average molecular weight is 491 g/mol. The first-order valence-electron chi connectivity index (χ1n) is 11.3. The molecule has 2 fully saturated rings. The number of nitrogens with two attached hydrogens (primary N) is 1. The third-order valence-corrected chi connectivity index (χ3v) is 6.51. The van der Waals surface area contributed by atoms with E-state index in [2.05, 4.69) is 25.6 Å². The summed E-state index contributed by atoms with van der Waals surface area (Å²) in [5, 5.41) is 15.7. The van der Waals surface area contributed by atoms with Gasteiger partial charge in [-0.3, -0.25) is 9.36 Å². The van der Waals surface area contributed by atoms with Gasteiger partial charge in [-0.05, 0) is 25.7 Å². The summed E-state index contributed by atoms with van der Waals surface area (Å²) in [4.78, 5) is 24.9. The highest BCUT2D eigenvalue weighted by Gasteiger charge is 2.31. The first-order valence-corrected chi connectivity index (χ1v) is 11.3. The summed E-state index contributed by atoms with van der Waals surface area (Å²) in [6, 6.07) is 0.559. The van der Waals surface area contributed by atoms with Crippen LogP contribution in [0.1, 0.15) is 31.7 Å². The van der Waals surface area contributed by atoms with Crippen molar-refractivity contribution in [3.63, 3.8) is 0 Å². The number of hydrogen-bond donors (Lipinski definition) is 4. The minimum absolute atomic E-state index is 0.0996. The molecule has 5 N–H and O–H groups in total. The standard InChI is InChI=1S/C22H24F3N7O3/c23-11-5-13(24)18(14(25)6-11)30-22-29-15-7-27-21(28-16-8-35-9-17(16)33)31-20(15)32(22)12-3-1-10(2-4-12)19(26)34/h5-7,10,12,16-17,33H,1-4,8-9H2,(H2,26,34)(H,29,30)(H,27,28,31)/t10?,12?,16-,17+/m0/s1. The summed E-state index contributed by atoms with van der Waals surface area (Å²) >= 11 is 0. The van der Waals surface area contributed by atoms with Gasteiger partial charge in [-0.1, -0.05) is 0 Å². The third kappa shape index (κ3) is 4.60. The molecule has 0 unspecified atom stereocenters. The van der Waals surface area contributed by atoms with Crippen molar-refractivity contribution in [3.8, 4) is 0 Å². The number of carbonyl (C=O) groups excluding carboxylic acids is 1. The fourth-order valence-corrected chi connectivity index (χ4v) is 4.63. The van der Waals surface area contributed by atoms with Crippen molar-refractivity contribution in [2.75, 3.05) is 23.8 Å². The lowest BCUT2D eigenvalue weighted by atomic mass is 9.85. The first kappa shape index (κ1) is 23.3. The van der Waals surface area contributed by atoms with Crippen LogP contribution in [0, 0.1) is 23.4 Å². The van der Waals surface area contributed by atoms with Gasteiger partial charge >= 0.3 is 0 Å². The third-order valence-electron chi connectivity index (χ3n) is 6.51. The highest BCUT2D eigenvalue weighted by Crippen LogP contribution is 2.37. The van der Waals surface area contributed by atoms with Gasteiger partial charge in [0.15, 0.2) is 17.3 Å². The van der Waals surface area contributed by atoms with Gasteiger partial charge in [0.25, 0.3) is 0 Å². The summed E-state index contributed by atoms with van der Waals surface area (Å²) in [6.07, 6.45) is 2.94. The van der Waals surface area contributed by atoms with Crippen molar-refractivity contribution in [3.05, 3.63) is 35.8 Å². The smallest absolute Gasteiger partial charge is 0.225 e. The average Bonchev–Trinajstić information content (AvgIpc) is 3.38. The number of aliphatic hydroxyl groups excluding tert-OH is 1. The van der Waals surface area contributed by atoms with Gasteiger partial charge in [-0.2, -0.15) is 4.98 Å². The Labute approximate surface area is 197 Å². The summed E-state index contributed by atoms with van der Waals surface area (Å²) in [5.74, 6) is -3.54. The second-order valence-electron chi connectivity index (χ2n) is 8.84. The molecular weight excluding hydrogens is 467 g/mol. The van der Waals surface area contributed by atoms with Crippen molar-refractivity contribution in [2.45, 2.75) is 43.9 Å². The van der Waals surface area contributed by atoms with Gasteiger partial charge in [-0.15, -0.1) is 0 Å². The Balaban J connectivity index is 1.54. The molecule has 1 aliphatic carbocycles.